The molecule has 1 heterocycles. The summed E-state index contributed by atoms with van der Waals surface area (Å²) in [5.74, 6) is 1.78. The number of benzene rings is 4. The van der Waals surface area contributed by atoms with Crippen LogP contribution in [0.4, 0.5) is 0 Å². The zero-order chi connectivity index (χ0) is 38.9. The van der Waals surface area contributed by atoms with E-state index in [4.69, 9.17) is 18.6 Å². The monoisotopic (exact) mass is 751 g/mol. The van der Waals surface area contributed by atoms with Crippen molar-refractivity contribution in [3.8, 4) is 17.2 Å². The van der Waals surface area contributed by atoms with Gasteiger partial charge in [0.25, 0.3) is 5.91 Å². The number of nitrogens with one attached hydrogen (secondary N) is 3. The van der Waals surface area contributed by atoms with Crippen molar-refractivity contribution in [2.75, 3.05) is 20.8 Å². The van der Waals surface area contributed by atoms with Crippen molar-refractivity contribution in [2.24, 2.45) is 0 Å². The topological polar surface area (TPSA) is 114 Å². The molecule has 4 N–H and O–H groups in total. The van der Waals surface area contributed by atoms with Crippen LogP contribution >= 0.6 is 0 Å². The molecule has 0 aliphatic carbocycles. The first-order valence-corrected chi connectivity index (χ1v) is 21.7. The average molecular weight is 752 g/mol. The lowest BCUT2D eigenvalue weighted by Gasteiger charge is -2.40. The second-order valence-electron chi connectivity index (χ2n) is 15.3. The first-order valence-electron chi connectivity index (χ1n) is 18.8. The lowest BCUT2D eigenvalue weighted by atomic mass is 10.0. The molecule has 9 nitrogen and oxygen atoms in total. The van der Waals surface area contributed by atoms with Crippen LogP contribution < -0.4 is 24.8 Å². The van der Waals surface area contributed by atoms with E-state index in [1.807, 2.05) is 72.8 Å². The highest BCUT2D eigenvalue weighted by molar-refractivity contribution is 6.74. The Morgan fingerprint density at radius 1 is 0.870 bits per heavy atom. The number of carbonyl (C=O) groups excluding carboxylic acids is 1. The number of aliphatic hydroxyl groups excluding tert-OH is 1. The van der Waals surface area contributed by atoms with E-state index < -0.39 is 8.32 Å². The predicted octanol–water partition coefficient (Wildman–Crippen LogP) is 8.86. The quantitative estimate of drug-likeness (QED) is 0.0662. The maximum Gasteiger partial charge on any atom is 0.268 e. The number of hydrogen-bond donors (Lipinski definition) is 4. The van der Waals surface area contributed by atoms with Crippen LogP contribution in [-0.2, 0) is 30.6 Å². The number of aromatic amines is 1. The van der Waals surface area contributed by atoms with E-state index in [2.05, 4.69) is 74.6 Å². The van der Waals surface area contributed by atoms with Gasteiger partial charge in [0.05, 0.1) is 39.0 Å². The molecule has 0 saturated carbocycles. The van der Waals surface area contributed by atoms with Crippen LogP contribution in [0.1, 0.15) is 78.5 Å². The normalized spacial score (nSPS) is 13.1. The van der Waals surface area contributed by atoms with Gasteiger partial charge in [-0.3, -0.25) is 4.79 Å². The van der Waals surface area contributed by atoms with Crippen molar-refractivity contribution >= 4 is 25.1 Å². The highest BCUT2D eigenvalue weighted by Gasteiger charge is 2.39. The molecule has 0 spiro atoms. The highest BCUT2D eigenvalue weighted by atomic mass is 28.4. The lowest BCUT2D eigenvalue weighted by Crippen LogP contribution is -2.44. The number of hydrogen-bond acceptors (Lipinski definition) is 7. The number of rotatable bonds is 18. The number of fused-ring (bicyclic) bond motifs is 1. The molecule has 10 heteroatoms. The Kier molecular flexibility index (Phi) is 13.6. The van der Waals surface area contributed by atoms with E-state index in [-0.39, 0.29) is 36.2 Å². The molecule has 0 saturated heterocycles. The molecule has 5 rings (SSSR count). The van der Waals surface area contributed by atoms with Crippen LogP contribution in [-0.4, -0.2) is 51.1 Å². The molecule has 0 aliphatic heterocycles. The van der Waals surface area contributed by atoms with Crippen LogP contribution in [0.15, 0.2) is 91.0 Å². The first kappa shape index (κ1) is 40.6. The summed E-state index contributed by atoms with van der Waals surface area (Å²) < 4.78 is 24.2. The number of aromatic nitrogens is 1. The molecule has 288 valence electrons. The van der Waals surface area contributed by atoms with Crippen LogP contribution in [0, 0.1) is 0 Å². The van der Waals surface area contributed by atoms with E-state index in [1.165, 1.54) is 5.56 Å². The first-order chi connectivity index (χ1) is 25.8. The molecule has 0 unspecified atom stereocenters. The van der Waals surface area contributed by atoms with E-state index in [1.54, 1.807) is 14.2 Å². The number of H-pyrrole nitrogens is 1. The molecule has 4 aromatic carbocycles. The summed E-state index contributed by atoms with van der Waals surface area (Å²) in [6, 6.07) is 30.1. The van der Waals surface area contributed by atoms with Crippen molar-refractivity contribution in [3.63, 3.8) is 0 Å². The lowest BCUT2D eigenvalue weighted by molar-refractivity contribution is 0.0946. The van der Waals surface area contributed by atoms with Gasteiger partial charge in [-0.05, 0) is 90.1 Å². The predicted molar refractivity (Wildman–Crippen MR) is 219 cm³/mol. The number of amides is 1. The van der Waals surface area contributed by atoms with E-state index >= 15 is 0 Å². The van der Waals surface area contributed by atoms with Crippen molar-refractivity contribution in [1.82, 2.24) is 15.6 Å². The Labute approximate surface area is 321 Å². The third-order valence-electron chi connectivity index (χ3n) is 10.6. The third-order valence-corrected chi connectivity index (χ3v) is 15.0. The van der Waals surface area contributed by atoms with Gasteiger partial charge < -0.3 is 39.4 Å². The molecule has 2 atom stereocenters. The van der Waals surface area contributed by atoms with Crippen molar-refractivity contribution in [3.05, 3.63) is 125 Å². The number of aliphatic hydroxyl groups is 1. The molecule has 1 amide bonds. The Hall–Kier alpha value is -4.61. The summed E-state index contributed by atoms with van der Waals surface area (Å²) in [5.41, 5.74) is 6.18. The Bertz CT molecular complexity index is 1970. The smallest absolute Gasteiger partial charge is 0.268 e. The summed E-state index contributed by atoms with van der Waals surface area (Å²) in [6.45, 7) is 14.7. The average Bonchev–Trinajstić information content (AvgIpc) is 3.60. The van der Waals surface area contributed by atoms with Crippen molar-refractivity contribution < 1.29 is 28.5 Å². The minimum Gasteiger partial charge on any atom is -0.496 e. The maximum atomic E-state index is 13.2. The Morgan fingerprint density at radius 2 is 1.59 bits per heavy atom. The molecule has 0 fully saturated rings. The second kappa shape index (κ2) is 18.1. The largest absolute Gasteiger partial charge is 0.496 e. The fourth-order valence-electron chi connectivity index (χ4n) is 6.28. The standard InChI is InChI=1S/C44H57N3O6Si/c1-9-35(23-31-18-20-37-33(22-31)25-38(47-37)43(49)46-26-36-40(50-5)16-13-17-41(36)51-6)45-27-42(53-54(7,8)44(2,3)4)32-19-21-39(34(24-32)28-48)52-29-30-14-11-10-12-15-30/h10-22,24-25,35,42,45,47-48H,9,23,26-29H2,1-8H3,(H,46,49)/t35-,42+/m0/s1. The van der Waals surface area contributed by atoms with Crippen LogP contribution in [0.25, 0.3) is 10.9 Å². The Balaban J connectivity index is 1.28. The van der Waals surface area contributed by atoms with Crippen molar-refractivity contribution in [2.45, 2.75) is 90.6 Å². The number of methoxy groups -OCH3 is 2. The summed E-state index contributed by atoms with van der Waals surface area (Å²) >= 11 is 0. The molecule has 0 radical (unpaired) electrons. The number of ether oxygens (including phenoxy) is 3. The van der Waals surface area contributed by atoms with Gasteiger partial charge >= 0.3 is 0 Å². The SMILES string of the molecule is CC[C@@H](Cc1ccc2[nH]c(C(=O)NCc3c(OC)cccc3OC)cc2c1)NC[C@@H](O[Si](C)(C)C(C)(C)C)c1ccc(OCc2ccccc2)c(CO)c1. The van der Waals surface area contributed by atoms with E-state index in [0.717, 1.165) is 46.0 Å². The van der Waals surface area contributed by atoms with Gasteiger partial charge in [-0.15, -0.1) is 0 Å². The zero-order valence-electron chi connectivity index (χ0n) is 33.0. The highest BCUT2D eigenvalue weighted by Crippen LogP contribution is 2.40. The molecule has 0 bridgehead atoms. The van der Waals surface area contributed by atoms with Gasteiger partial charge in [0, 0.05) is 29.1 Å². The van der Waals surface area contributed by atoms with Gasteiger partial charge in [-0.1, -0.05) is 76.2 Å². The fourth-order valence-corrected chi connectivity index (χ4v) is 7.56. The minimum absolute atomic E-state index is 0.0248. The number of carbonyl (C=O) groups is 1. The second-order valence-corrected chi connectivity index (χ2v) is 20.1. The summed E-state index contributed by atoms with van der Waals surface area (Å²) in [5, 5.41) is 18.2. The summed E-state index contributed by atoms with van der Waals surface area (Å²) in [7, 11) is 1.04. The molecule has 0 aliphatic rings. The van der Waals surface area contributed by atoms with E-state index in [9.17, 15) is 9.90 Å². The van der Waals surface area contributed by atoms with Crippen LogP contribution in [0.2, 0.25) is 18.1 Å². The molecular weight excluding hydrogens is 695 g/mol. The van der Waals surface area contributed by atoms with Gasteiger partial charge in [0.15, 0.2) is 8.32 Å². The van der Waals surface area contributed by atoms with E-state index in [0.29, 0.717) is 36.1 Å². The van der Waals surface area contributed by atoms with Gasteiger partial charge in [-0.2, -0.15) is 0 Å². The van der Waals surface area contributed by atoms with Gasteiger partial charge in [0.1, 0.15) is 29.5 Å². The molecule has 54 heavy (non-hydrogen) atoms. The third kappa shape index (κ3) is 10.1. The maximum absolute atomic E-state index is 13.2. The molecular formula is C44H57N3O6Si. The fraction of sp³-hybridized carbons (Fsp3) is 0.386. The van der Waals surface area contributed by atoms with Gasteiger partial charge in [-0.25, -0.2) is 0 Å². The van der Waals surface area contributed by atoms with Crippen LogP contribution in [0.3, 0.4) is 0 Å². The summed E-state index contributed by atoms with van der Waals surface area (Å²) in [6.07, 6.45) is 1.53. The minimum atomic E-state index is -2.16. The molecule has 1 aromatic heterocycles. The van der Waals surface area contributed by atoms with Crippen LogP contribution in [0.5, 0.6) is 17.2 Å². The summed E-state index contributed by atoms with van der Waals surface area (Å²) in [4.78, 5) is 16.5. The Morgan fingerprint density at radius 3 is 2.24 bits per heavy atom. The van der Waals surface area contributed by atoms with Gasteiger partial charge in [0.2, 0.25) is 0 Å². The molecule has 5 aromatic rings. The van der Waals surface area contributed by atoms with Crippen molar-refractivity contribution in [1.29, 1.82) is 0 Å². The zero-order valence-corrected chi connectivity index (χ0v) is 34.0.